The Hall–Kier alpha value is -1.28. The van der Waals surface area contributed by atoms with Gasteiger partial charge in [-0.15, -0.1) is 0 Å². The van der Waals surface area contributed by atoms with Crippen molar-refractivity contribution in [2.24, 2.45) is 0 Å². The second kappa shape index (κ2) is 35.4. The Kier molecular flexibility index (Phi) is 34.6. The molecule has 2 N–H and O–H groups in total. The Bertz CT molecular complexity index is 948. The van der Waals surface area contributed by atoms with Crippen molar-refractivity contribution in [2.75, 3.05) is 40.9 Å². The molecule has 3 atom stereocenters. The third-order valence-electron chi connectivity index (χ3n) is 9.39. The standard InChI is InChI=1S/C43H83N2O6P/c1-6-8-9-10-11-12-13-14-15-16-17-18-19-20-21-22-23-24-25-26-27-28-29-30-31-32-33-34-35-36-37-42(46)41(44-43(47)7-2)40-51-52(48,49)50-39-38-45(3,4)5/h28-29,32-33,36-37,41-42,46H,6-27,30-31,34-35,38-40H2,1-5H3,(H-,44,47,48,49)/b29-28+,33-32+,37-36+. The van der Waals surface area contributed by atoms with Crippen molar-refractivity contribution in [3.05, 3.63) is 36.5 Å². The average Bonchev–Trinajstić information content (AvgIpc) is 3.10. The van der Waals surface area contributed by atoms with E-state index in [1.54, 1.807) is 13.0 Å². The van der Waals surface area contributed by atoms with Crippen LogP contribution in [0.4, 0.5) is 0 Å². The molecule has 0 saturated heterocycles. The molecule has 9 heteroatoms. The van der Waals surface area contributed by atoms with Crippen molar-refractivity contribution in [3.63, 3.8) is 0 Å². The van der Waals surface area contributed by atoms with Crippen LogP contribution < -0.4 is 10.2 Å². The van der Waals surface area contributed by atoms with Gasteiger partial charge in [0.15, 0.2) is 0 Å². The van der Waals surface area contributed by atoms with Gasteiger partial charge < -0.3 is 28.8 Å². The summed E-state index contributed by atoms with van der Waals surface area (Å²) in [6.07, 6.45) is 44.6. The fourth-order valence-corrected chi connectivity index (χ4v) is 6.64. The van der Waals surface area contributed by atoms with Gasteiger partial charge in [-0.3, -0.25) is 9.36 Å². The second-order valence-corrected chi connectivity index (χ2v) is 17.1. The molecule has 0 bridgehead atoms. The van der Waals surface area contributed by atoms with Gasteiger partial charge in [-0.05, 0) is 38.5 Å². The zero-order valence-corrected chi connectivity index (χ0v) is 35.4. The van der Waals surface area contributed by atoms with Gasteiger partial charge in [0.1, 0.15) is 13.2 Å². The number of hydrogen-bond donors (Lipinski definition) is 2. The van der Waals surface area contributed by atoms with E-state index in [0.717, 1.165) is 25.7 Å². The zero-order chi connectivity index (χ0) is 38.6. The lowest BCUT2D eigenvalue weighted by molar-refractivity contribution is -0.870. The number of nitrogens with zero attached hydrogens (tertiary/aromatic N) is 1. The Balaban J connectivity index is 3.80. The topological polar surface area (TPSA) is 108 Å². The van der Waals surface area contributed by atoms with Gasteiger partial charge in [-0.1, -0.05) is 172 Å². The molecule has 0 saturated carbocycles. The number of quaternary nitrogens is 1. The number of nitrogens with one attached hydrogen (secondary N) is 1. The lowest BCUT2D eigenvalue weighted by Gasteiger charge is -2.29. The van der Waals surface area contributed by atoms with E-state index in [2.05, 4.69) is 36.5 Å². The number of allylic oxidation sites excluding steroid dienone is 5. The highest BCUT2D eigenvalue weighted by Gasteiger charge is 2.22. The molecule has 0 aliphatic heterocycles. The number of amides is 1. The third kappa shape index (κ3) is 37.1. The van der Waals surface area contributed by atoms with E-state index in [4.69, 9.17) is 9.05 Å². The summed E-state index contributed by atoms with van der Waals surface area (Å²) in [7, 11) is 1.22. The third-order valence-corrected chi connectivity index (χ3v) is 10.4. The summed E-state index contributed by atoms with van der Waals surface area (Å²) in [5.74, 6) is -0.301. The van der Waals surface area contributed by atoms with Gasteiger partial charge in [-0.2, -0.15) is 0 Å². The molecule has 0 aliphatic carbocycles. The van der Waals surface area contributed by atoms with Crippen LogP contribution in [0.15, 0.2) is 36.5 Å². The molecule has 1 amide bonds. The first-order valence-corrected chi connectivity index (χ1v) is 22.8. The molecule has 3 unspecified atom stereocenters. The van der Waals surface area contributed by atoms with E-state index in [0.29, 0.717) is 11.0 Å². The molecular weight excluding hydrogens is 671 g/mol. The molecule has 0 spiro atoms. The highest BCUT2D eigenvalue weighted by atomic mass is 31.2. The van der Waals surface area contributed by atoms with E-state index in [9.17, 15) is 19.4 Å². The largest absolute Gasteiger partial charge is 0.756 e. The number of hydrogen-bond acceptors (Lipinski definition) is 6. The molecule has 0 aromatic rings. The monoisotopic (exact) mass is 755 g/mol. The number of phosphoric ester groups is 1. The molecule has 0 heterocycles. The van der Waals surface area contributed by atoms with Crippen LogP contribution in [-0.2, 0) is 18.4 Å². The number of phosphoric acid groups is 1. The Morgan fingerprint density at radius 3 is 1.48 bits per heavy atom. The predicted octanol–water partition coefficient (Wildman–Crippen LogP) is 10.9. The van der Waals surface area contributed by atoms with E-state index in [1.807, 2.05) is 27.2 Å². The normalized spacial score (nSPS) is 14.8. The molecule has 52 heavy (non-hydrogen) atoms. The minimum atomic E-state index is -4.56. The predicted molar refractivity (Wildman–Crippen MR) is 219 cm³/mol. The van der Waals surface area contributed by atoms with E-state index >= 15 is 0 Å². The summed E-state index contributed by atoms with van der Waals surface area (Å²) in [4.78, 5) is 24.1. The highest BCUT2D eigenvalue weighted by molar-refractivity contribution is 7.45. The lowest BCUT2D eigenvalue weighted by atomic mass is 10.0. The lowest BCUT2D eigenvalue weighted by Crippen LogP contribution is -2.45. The molecule has 0 aromatic heterocycles. The minimum Gasteiger partial charge on any atom is -0.756 e. The van der Waals surface area contributed by atoms with Gasteiger partial charge >= 0.3 is 0 Å². The maximum absolute atomic E-state index is 12.2. The van der Waals surface area contributed by atoms with Crippen molar-refractivity contribution in [1.29, 1.82) is 0 Å². The average molecular weight is 755 g/mol. The second-order valence-electron chi connectivity index (χ2n) is 15.6. The number of aliphatic hydroxyl groups excluding tert-OH is 1. The maximum atomic E-state index is 12.2. The minimum absolute atomic E-state index is 0.0117. The van der Waals surface area contributed by atoms with Crippen LogP contribution in [-0.4, -0.2) is 68.5 Å². The van der Waals surface area contributed by atoms with Crippen molar-refractivity contribution in [2.45, 2.75) is 193 Å². The van der Waals surface area contributed by atoms with E-state index in [1.165, 1.54) is 135 Å². The number of carbonyl (C=O) groups is 1. The van der Waals surface area contributed by atoms with Gasteiger partial charge in [-0.25, -0.2) is 0 Å². The molecule has 0 fully saturated rings. The van der Waals surface area contributed by atoms with Crippen LogP contribution in [0.25, 0.3) is 0 Å². The van der Waals surface area contributed by atoms with Crippen LogP contribution in [0.5, 0.6) is 0 Å². The van der Waals surface area contributed by atoms with Crippen molar-refractivity contribution in [3.8, 4) is 0 Å². The summed E-state index contributed by atoms with van der Waals surface area (Å²) in [5.41, 5.74) is 0. The fourth-order valence-electron chi connectivity index (χ4n) is 5.91. The van der Waals surface area contributed by atoms with E-state index in [-0.39, 0.29) is 18.9 Å². The van der Waals surface area contributed by atoms with Crippen LogP contribution >= 0.6 is 7.82 Å². The van der Waals surface area contributed by atoms with Crippen molar-refractivity contribution >= 4 is 13.7 Å². The molecule has 8 nitrogen and oxygen atoms in total. The summed E-state index contributed by atoms with van der Waals surface area (Å²) in [5, 5.41) is 13.2. The molecular formula is C43H83N2O6P. The first-order chi connectivity index (χ1) is 25.0. The summed E-state index contributed by atoms with van der Waals surface area (Å²) >= 11 is 0. The first kappa shape index (κ1) is 50.7. The van der Waals surface area contributed by atoms with Crippen LogP contribution in [0.2, 0.25) is 0 Å². The zero-order valence-electron chi connectivity index (χ0n) is 34.5. The van der Waals surface area contributed by atoms with Gasteiger partial charge in [0, 0.05) is 6.42 Å². The number of aliphatic hydroxyl groups is 1. The van der Waals surface area contributed by atoms with Crippen LogP contribution in [0.1, 0.15) is 181 Å². The smallest absolute Gasteiger partial charge is 0.268 e. The first-order valence-electron chi connectivity index (χ1n) is 21.4. The summed E-state index contributed by atoms with van der Waals surface area (Å²) in [6, 6.07) is -0.904. The Morgan fingerprint density at radius 1 is 0.654 bits per heavy atom. The molecule has 0 aromatic carbocycles. The van der Waals surface area contributed by atoms with Crippen LogP contribution in [0.3, 0.4) is 0 Å². The quantitative estimate of drug-likeness (QED) is 0.0281. The number of carbonyl (C=O) groups excluding carboxylic acids is 1. The molecule has 306 valence electrons. The number of rotatable bonds is 38. The number of unbranched alkanes of at least 4 members (excludes halogenated alkanes) is 22. The maximum Gasteiger partial charge on any atom is 0.268 e. The van der Waals surface area contributed by atoms with Crippen molar-refractivity contribution < 1.29 is 32.9 Å². The van der Waals surface area contributed by atoms with Gasteiger partial charge in [0.25, 0.3) is 7.82 Å². The molecule has 0 rings (SSSR count). The van der Waals surface area contributed by atoms with Gasteiger partial charge in [0.2, 0.25) is 5.91 Å². The van der Waals surface area contributed by atoms with Crippen molar-refractivity contribution in [1.82, 2.24) is 5.32 Å². The van der Waals surface area contributed by atoms with Gasteiger partial charge in [0.05, 0.1) is 39.9 Å². The fraction of sp³-hybridized carbons (Fsp3) is 0.837. The Labute approximate surface area is 321 Å². The number of likely N-dealkylation sites (N-methyl/N-ethyl adjacent to an activating group) is 1. The summed E-state index contributed by atoms with van der Waals surface area (Å²) in [6.45, 7) is 4.05. The van der Waals surface area contributed by atoms with Crippen LogP contribution in [0, 0.1) is 0 Å². The summed E-state index contributed by atoms with van der Waals surface area (Å²) < 4.78 is 22.6. The highest BCUT2D eigenvalue weighted by Crippen LogP contribution is 2.38. The molecule has 0 radical (unpaired) electrons. The Morgan fingerprint density at radius 2 is 1.06 bits per heavy atom. The SMILES string of the molecule is CCCCCCCCCCCCCCCCCCCCCC/C=C/CC/C=C/CC/C=C/C(O)C(COP(=O)([O-])OCC[N+](C)(C)C)NC(=O)CC. The van der Waals surface area contributed by atoms with E-state index < -0.39 is 26.6 Å². The molecule has 0 aliphatic rings.